The predicted molar refractivity (Wildman–Crippen MR) is 14.9 cm³/mol. The van der Waals surface area contributed by atoms with Gasteiger partial charge in [-0.25, -0.2) is 0 Å². The van der Waals surface area contributed by atoms with Gasteiger partial charge in [0.15, 0.2) is 0 Å². The SMILES string of the molecule is [B].[B].[N-3].[Na+].[Na+].[Na+]. The van der Waals surface area contributed by atoms with Crippen LogP contribution in [0.4, 0.5) is 0 Å². The van der Waals surface area contributed by atoms with Gasteiger partial charge in [-0.05, 0) is 0 Å². The molecule has 0 N–H and O–H groups in total. The Morgan fingerprint density at radius 2 is 0.500 bits per heavy atom. The molecular weight excluding hydrogens is 105 g/mol. The van der Waals surface area contributed by atoms with Crippen LogP contribution in [0.15, 0.2) is 0 Å². The molecule has 0 spiro atoms. The van der Waals surface area contributed by atoms with Crippen molar-refractivity contribution in [3.63, 3.8) is 0 Å². The van der Waals surface area contributed by atoms with E-state index in [1.165, 1.54) is 0 Å². The summed E-state index contributed by atoms with van der Waals surface area (Å²) in [5.41, 5.74) is 0. The summed E-state index contributed by atoms with van der Waals surface area (Å²) in [7, 11) is 0. The van der Waals surface area contributed by atoms with Gasteiger partial charge in [-0.1, -0.05) is 0 Å². The smallest absolute Gasteiger partial charge is 1.00 e. The maximum absolute atomic E-state index is 0. The molecule has 0 atom stereocenters. The molecular formula is B2NNa3. The van der Waals surface area contributed by atoms with Gasteiger partial charge in [0.05, 0.1) is 0 Å². The Balaban J connectivity index is 0. The summed E-state index contributed by atoms with van der Waals surface area (Å²) in [6.45, 7) is 0. The molecule has 0 aliphatic rings. The van der Waals surface area contributed by atoms with E-state index in [0.717, 1.165) is 0 Å². The molecule has 0 fully saturated rings. The molecule has 0 aromatic heterocycles. The van der Waals surface area contributed by atoms with Crippen molar-refractivity contribution in [2.75, 3.05) is 0 Å². The van der Waals surface area contributed by atoms with Crippen molar-refractivity contribution in [3.8, 4) is 0 Å². The van der Waals surface area contributed by atoms with E-state index in [2.05, 4.69) is 0 Å². The summed E-state index contributed by atoms with van der Waals surface area (Å²) in [4.78, 5) is 0. The van der Waals surface area contributed by atoms with Crippen molar-refractivity contribution in [1.82, 2.24) is 0 Å². The number of hydrogen-bond donors (Lipinski definition) is 0. The number of nitrogens with zero attached hydrogens (tertiary/aromatic N) is 1. The van der Waals surface area contributed by atoms with Crippen LogP contribution in [0.3, 0.4) is 0 Å². The van der Waals surface area contributed by atoms with E-state index in [9.17, 15) is 0 Å². The second kappa shape index (κ2) is 42.6. The molecule has 0 bridgehead atoms. The van der Waals surface area contributed by atoms with E-state index < -0.39 is 0 Å². The normalized spacial score (nSPS) is 0. The van der Waals surface area contributed by atoms with Crippen molar-refractivity contribution in [2.45, 2.75) is 0 Å². The third-order valence-corrected chi connectivity index (χ3v) is 0. The molecule has 14 valence electrons. The Hall–Kier alpha value is 3.09. The van der Waals surface area contributed by atoms with Gasteiger partial charge in [0.2, 0.25) is 0 Å². The van der Waals surface area contributed by atoms with Gasteiger partial charge in [-0.3, -0.25) is 0 Å². The summed E-state index contributed by atoms with van der Waals surface area (Å²) < 4.78 is 0. The van der Waals surface area contributed by atoms with Crippen LogP contribution in [-0.2, 0) is 0 Å². The van der Waals surface area contributed by atoms with E-state index in [0.29, 0.717) is 0 Å². The number of hydrogen-bond acceptors (Lipinski definition) is 0. The Kier molecular flexibility index (Phi) is 442. The summed E-state index contributed by atoms with van der Waals surface area (Å²) >= 11 is 0. The third kappa shape index (κ3) is 27.5. The standard InChI is InChI=1S/2B.N.3Na/q;;-3;3*+1. The van der Waals surface area contributed by atoms with E-state index >= 15 is 0 Å². The first-order valence-electron chi connectivity index (χ1n) is 0. The van der Waals surface area contributed by atoms with Crippen molar-refractivity contribution in [2.24, 2.45) is 0 Å². The van der Waals surface area contributed by atoms with Gasteiger partial charge >= 0.3 is 88.7 Å². The monoisotopic (exact) mass is 105 g/mol. The summed E-state index contributed by atoms with van der Waals surface area (Å²) in [6.07, 6.45) is 0. The third-order valence-electron chi connectivity index (χ3n) is 0. The van der Waals surface area contributed by atoms with Crippen LogP contribution in [0.5, 0.6) is 0 Å². The summed E-state index contributed by atoms with van der Waals surface area (Å²) in [5, 5.41) is 0. The van der Waals surface area contributed by atoms with Crippen LogP contribution in [0.1, 0.15) is 0 Å². The van der Waals surface area contributed by atoms with Gasteiger partial charge in [0.25, 0.3) is 0 Å². The van der Waals surface area contributed by atoms with Crippen molar-refractivity contribution in [3.05, 3.63) is 6.15 Å². The number of rotatable bonds is 0. The molecule has 1 nitrogen and oxygen atoms in total. The second-order valence-corrected chi connectivity index (χ2v) is 0. The zero-order valence-corrected chi connectivity index (χ0v) is 10.6. The molecule has 6 heteroatoms. The second-order valence-electron chi connectivity index (χ2n) is 0. The molecule has 0 aliphatic carbocycles. The zero-order valence-electron chi connectivity index (χ0n) is 4.60. The molecule has 6 heavy (non-hydrogen) atoms. The fraction of sp³-hybridized carbons (Fsp3) is 0. The molecule has 0 aromatic rings. The maximum atomic E-state index is 0. The van der Waals surface area contributed by atoms with Crippen LogP contribution in [0.2, 0.25) is 0 Å². The molecule has 0 saturated heterocycles. The zero-order chi connectivity index (χ0) is 0. The van der Waals surface area contributed by atoms with Crippen LogP contribution >= 0.6 is 0 Å². The Labute approximate surface area is 109 Å². The van der Waals surface area contributed by atoms with Gasteiger partial charge < -0.3 is 6.15 Å². The predicted octanol–water partition coefficient (Wildman–Crippen LogP) is -9.46. The molecule has 6 radical (unpaired) electrons. The minimum absolute atomic E-state index is 0. The fourth-order valence-corrected chi connectivity index (χ4v) is 0. The maximum Gasteiger partial charge on any atom is 1.00 e. The molecule has 0 heterocycles. The van der Waals surface area contributed by atoms with Crippen LogP contribution in [0.25, 0.3) is 6.15 Å². The molecule has 0 aliphatic heterocycles. The Morgan fingerprint density at radius 1 is 0.500 bits per heavy atom. The van der Waals surface area contributed by atoms with Gasteiger partial charge in [-0.2, -0.15) is 0 Å². The Bertz CT molecular complexity index is 8.75. The first-order valence-corrected chi connectivity index (χ1v) is 0. The van der Waals surface area contributed by atoms with Crippen LogP contribution < -0.4 is 88.7 Å². The van der Waals surface area contributed by atoms with E-state index in [1.807, 2.05) is 0 Å². The van der Waals surface area contributed by atoms with E-state index in [4.69, 9.17) is 0 Å². The molecule has 0 amide bonds. The quantitative estimate of drug-likeness (QED) is 0.274. The van der Waals surface area contributed by atoms with Crippen molar-refractivity contribution >= 4 is 16.8 Å². The molecule has 0 saturated carbocycles. The minimum atomic E-state index is 0. The topological polar surface area (TPSA) is 30.5 Å². The van der Waals surface area contributed by atoms with Crippen molar-refractivity contribution in [1.29, 1.82) is 0 Å². The first kappa shape index (κ1) is 62.3. The van der Waals surface area contributed by atoms with Crippen LogP contribution in [-0.4, -0.2) is 16.8 Å². The largest absolute Gasteiger partial charge is 3.00 e. The van der Waals surface area contributed by atoms with Gasteiger partial charge in [0.1, 0.15) is 0 Å². The molecule has 0 rings (SSSR count). The Morgan fingerprint density at radius 3 is 0.500 bits per heavy atom. The minimum Gasteiger partial charge on any atom is -3.00 e. The van der Waals surface area contributed by atoms with Gasteiger partial charge in [-0.15, -0.1) is 0 Å². The summed E-state index contributed by atoms with van der Waals surface area (Å²) in [6, 6.07) is 0. The average molecular weight is 105 g/mol. The van der Waals surface area contributed by atoms with Crippen molar-refractivity contribution < 1.29 is 88.7 Å². The average Bonchev–Trinajstić information content (AvgIpc) is 0. The van der Waals surface area contributed by atoms with E-state index in [-0.39, 0.29) is 112 Å². The summed E-state index contributed by atoms with van der Waals surface area (Å²) in [5.74, 6) is 0. The van der Waals surface area contributed by atoms with E-state index in [1.54, 1.807) is 0 Å². The first-order chi connectivity index (χ1) is 0. The van der Waals surface area contributed by atoms with Gasteiger partial charge in [0, 0.05) is 16.8 Å². The molecule has 0 aromatic carbocycles. The molecule has 0 unspecified atom stereocenters. The fourth-order valence-electron chi connectivity index (χ4n) is 0. The van der Waals surface area contributed by atoms with Crippen LogP contribution in [0, 0.1) is 0 Å².